The lowest BCUT2D eigenvalue weighted by Gasteiger charge is -2.27. The molecule has 0 fully saturated rings. The number of anilines is 1. The molecule has 0 radical (unpaired) electrons. The highest BCUT2D eigenvalue weighted by Gasteiger charge is 2.32. The maximum atomic E-state index is 13.1. The third kappa shape index (κ3) is 3.38. The van der Waals surface area contributed by atoms with Crippen LogP contribution in [-0.4, -0.2) is 20.0 Å². The van der Waals surface area contributed by atoms with Crippen LogP contribution in [0.2, 0.25) is 0 Å². The van der Waals surface area contributed by atoms with E-state index in [2.05, 4.69) is 22.3 Å². The summed E-state index contributed by atoms with van der Waals surface area (Å²) in [6, 6.07) is 23.7. The molecule has 3 aromatic rings. The largest absolute Gasteiger partial charge is 0.457 e. The Bertz CT molecular complexity index is 919. The molecular formula is C23H22N2O2. The molecule has 1 heterocycles. The maximum Gasteiger partial charge on any atom is 0.232 e. The van der Waals surface area contributed by atoms with E-state index in [1.54, 1.807) is 0 Å². The smallest absolute Gasteiger partial charge is 0.232 e. The number of rotatable bonds is 4. The van der Waals surface area contributed by atoms with Crippen LogP contribution in [-0.2, 0) is 11.3 Å². The van der Waals surface area contributed by atoms with Gasteiger partial charge in [-0.25, -0.2) is 0 Å². The van der Waals surface area contributed by atoms with Gasteiger partial charge < -0.3 is 15.0 Å². The van der Waals surface area contributed by atoms with Crippen molar-refractivity contribution in [1.82, 2.24) is 5.32 Å². The molecule has 0 saturated heterocycles. The SMILES string of the molecule is CN(C)c1ccc(CNC(=O)C2c3ccccc3Oc3ccccc32)cc1. The fraction of sp³-hybridized carbons (Fsp3) is 0.174. The molecule has 3 aromatic carbocycles. The first-order valence-electron chi connectivity index (χ1n) is 9.03. The molecule has 0 aliphatic carbocycles. The topological polar surface area (TPSA) is 41.6 Å². The third-order valence-electron chi connectivity index (χ3n) is 4.86. The second-order valence-electron chi connectivity index (χ2n) is 6.89. The quantitative estimate of drug-likeness (QED) is 0.756. The Morgan fingerprint density at radius 3 is 2.00 bits per heavy atom. The van der Waals surface area contributed by atoms with Crippen LogP contribution in [0.15, 0.2) is 72.8 Å². The van der Waals surface area contributed by atoms with E-state index in [0.717, 1.165) is 33.9 Å². The summed E-state index contributed by atoms with van der Waals surface area (Å²) in [7, 11) is 4.02. The van der Waals surface area contributed by atoms with Crippen molar-refractivity contribution in [3.05, 3.63) is 89.5 Å². The maximum absolute atomic E-state index is 13.1. The molecule has 0 unspecified atom stereocenters. The highest BCUT2D eigenvalue weighted by molar-refractivity contribution is 5.89. The zero-order valence-corrected chi connectivity index (χ0v) is 15.5. The number of ether oxygens (including phenoxy) is 1. The number of nitrogens with zero attached hydrogens (tertiary/aromatic N) is 1. The van der Waals surface area contributed by atoms with Gasteiger partial charge in [0.05, 0.1) is 5.92 Å². The second kappa shape index (κ2) is 7.16. The van der Waals surface area contributed by atoms with E-state index in [0.29, 0.717) is 6.54 Å². The second-order valence-corrected chi connectivity index (χ2v) is 6.89. The van der Waals surface area contributed by atoms with Crippen LogP contribution in [0.25, 0.3) is 0 Å². The Balaban J connectivity index is 1.57. The first kappa shape index (κ1) is 17.2. The van der Waals surface area contributed by atoms with E-state index < -0.39 is 0 Å². The van der Waals surface area contributed by atoms with Crippen molar-refractivity contribution in [3.63, 3.8) is 0 Å². The van der Waals surface area contributed by atoms with Crippen molar-refractivity contribution in [3.8, 4) is 11.5 Å². The molecule has 0 bridgehead atoms. The van der Waals surface area contributed by atoms with E-state index in [1.807, 2.05) is 74.8 Å². The Kier molecular flexibility index (Phi) is 4.55. The van der Waals surface area contributed by atoms with E-state index >= 15 is 0 Å². The van der Waals surface area contributed by atoms with Gasteiger partial charge in [-0.2, -0.15) is 0 Å². The van der Waals surface area contributed by atoms with Crippen LogP contribution in [0.4, 0.5) is 5.69 Å². The van der Waals surface area contributed by atoms with Gasteiger partial charge in [-0.15, -0.1) is 0 Å². The van der Waals surface area contributed by atoms with Crippen LogP contribution in [0.1, 0.15) is 22.6 Å². The van der Waals surface area contributed by atoms with Crippen molar-refractivity contribution < 1.29 is 9.53 Å². The minimum atomic E-state index is -0.368. The summed E-state index contributed by atoms with van der Waals surface area (Å²) in [5.41, 5.74) is 4.01. The molecule has 4 heteroatoms. The first-order valence-corrected chi connectivity index (χ1v) is 9.03. The van der Waals surface area contributed by atoms with Crippen molar-refractivity contribution in [1.29, 1.82) is 0 Å². The van der Waals surface area contributed by atoms with E-state index in [9.17, 15) is 4.79 Å². The van der Waals surface area contributed by atoms with Gasteiger partial charge in [-0.3, -0.25) is 4.79 Å². The van der Waals surface area contributed by atoms with E-state index in [1.165, 1.54) is 0 Å². The Hall–Kier alpha value is -3.27. The number of benzene rings is 3. The average Bonchev–Trinajstić information content (AvgIpc) is 2.70. The summed E-state index contributed by atoms with van der Waals surface area (Å²) >= 11 is 0. The molecule has 0 atom stereocenters. The molecule has 136 valence electrons. The monoisotopic (exact) mass is 358 g/mol. The number of fused-ring (bicyclic) bond motifs is 2. The minimum absolute atomic E-state index is 0.0186. The predicted molar refractivity (Wildman–Crippen MR) is 107 cm³/mol. The zero-order valence-electron chi connectivity index (χ0n) is 15.5. The number of amides is 1. The summed E-state index contributed by atoms with van der Waals surface area (Å²) in [5, 5.41) is 3.09. The van der Waals surface area contributed by atoms with Crippen molar-refractivity contribution in [2.24, 2.45) is 0 Å². The van der Waals surface area contributed by atoms with Gasteiger partial charge in [-0.1, -0.05) is 48.5 Å². The van der Waals surface area contributed by atoms with Crippen LogP contribution < -0.4 is 15.0 Å². The van der Waals surface area contributed by atoms with Crippen LogP contribution in [0.3, 0.4) is 0 Å². The molecule has 4 rings (SSSR count). The normalized spacial score (nSPS) is 12.5. The Labute approximate surface area is 159 Å². The van der Waals surface area contributed by atoms with Gasteiger partial charge in [0.15, 0.2) is 0 Å². The molecule has 27 heavy (non-hydrogen) atoms. The summed E-state index contributed by atoms with van der Waals surface area (Å²) in [5.74, 6) is 1.10. The molecule has 0 saturated carbocycles. The Morgan fingerprint density at radius 2 is 1.44 bits per heavy atom. The summed E-state index contributed by atoms with van der Waals surface area (Å²) < 4.78 is 5.97. The first-order chi connectivity index (χ1) is 13.1. The van der Waals surface area contributed by atoms with Crippen LogP contribution in [0.5, 0.6) is 11.5 Å². The van der Waals surface area contributed by atoms with Crippen molar-refractivity contribution in [2.75, 3.05) is 19.0 Å². The fourth-order valence-corrected chi connectivity index (χ4v) is 3.40. The van der Waals surface area contributed by atoms with E-state index in [4.69, 9.17) is 4.74 Å². The predicted octanol–water partition coefficient (Wildman–Crippen LogP) is 4.31. The third-order valence-corrected chi connectivity index (χ3v) is 4.86. The van der Waals surface area contributed by atoms with Gasteiger partial charge in [0.25, 0.3) is 0 Å². The molecule has 0 spiro atoms. The number of hydrogen-bond donors (Lipinski definition) is 1. The number of para-hydroxylation sites is 2. The van der Waals surface area contributed by atoms with E-state index in [-0.39, 0.29) is 11.8 Å². The lowest BCUT2D eigenvalue weighted by atomic mass is 9.87. The standard InChI is InChI=1S/C23H22N2O2/c1-25(2)17-13-11-16(12-14-17)15-24-23(26)22-18-7-3-5-9-20(18)27-21-10-6-4-8-19(21)22/h3-14,22H,15H2,1-2H3,(H,24,26). The highest BCUT2D eigenvalue weighted by atomic mass is 16.5. The molecule has 1 amide bonds. The summed E-state index contributed by atoms with van der Waals surface area (Å²) in [6.45, 7) is 0.494. The molecular weight excluding hydrogens is 336 g/mol. The molecule has 0 aromatic heterocycles. The molecule has 4 nitrogen and oxygen atoms in total. The lowest BCUT2D eigenvalue weighted by Crippen LogP contribution is -2.31. The highest BCUT2D eigenvalue weighted by Crippen LogP contribution is 2.43. The molecule has 1 aliphatic rings. The molecule has 1 N–H and O–H groups in total. The van der Waals surface area contributed by atoms with Crippen molar-refractivity contribution >= 4 is 11.6 Å². The van der Waals surface area contributed by atoms with Gasteiger partial charge in [-0.05, 0) is 29.8 Å². The fourth-order valence-electron chi connectivity index (χ4n) is 3.40. The minimum Gasteiger partial charge on any atom is -0.457 e. The summed E-state index contributed by atoms with van der Waals surface area (Å²) in [4.78, 5) is 15.2. The molecule has 1 aliphatic heterocycles. The van der Waals surface area contributed by atoms with Gasteiger partial charge >= 0.3 is 0 Å². The lowest BCUT2D eigenvalue weighted by molar-refractivity contribution is -0.122. The van der Waals surface area contributed by atoms with Gasteiger partial charge in [0.1, 0.15) is 11.5 Å². The van der Waals surface area contributed by atoms with Gasteiger partial charge in [0, 0.05) is 37.5 Å². The van der Waals surface area contributed by atoms with Gasteiger partial charge in [0.2, 0.25) is 5.91 Å². The number of carbonyl (C=O) groups excluding carboxylic acids is 1. The average molecular weight is 358 g/mol. The van der Waals surface area contributed by atoms with Crippen LogP contribution in [0, 0.1) is 0 Å². The van der Waals surface area contributed by atoms with Crippen LogP contribution >= 0.6 is 0 Å². The Morgan fingerprint density at radius 1 is 0.889 bits per heavy atom. The number of nitrogens with one attached hydrogen (secondary N) is 1. The number of hydrogen-bond acceptors (Lipinski definition) is 3. The zero-order chi connectivity index (χ0) is 18.8. The summed E-state index contributed by atoms with van der Waals surface area (Å²) in [6.07, 6.45) is 0. The number of carbonyl (C=O) groups is 1. The van der Waals surface area contributed by atoms with Crippen molar-refractivity contribution in [2.45, 2.75) is 12.5 Å².